The fraction of sp³-hybridized carbons (Fsp3) is 0.611. The van der Waals surface area contributed by atoms with Crippen molar-refractivity contribution in [3.63, 3.8) is 0 Å². The number of aryl methyl sites for hydroxylation is 2. The van der Waals surface area contributed by atoms with Gasteiger partial charge in [0.25, 0.3) is 0 Å². The van der Waals surface area contributed by atoms with E-state index in [-0.39, 0.29) is 5.41 Å². The van der Waals surface area contributed by atoms with Crippen LogP contribution in [0.1, 0.15) is 43.7 Å². The number of hydrogen-bond acceptors (Lipinski definition) is 2. The number of fused-ring (bicyclic) bond motifs is 1. The maximum Gasteiger partial charge on any atom is 0.234 e. The molecule has 0 spiro atoms. The van der Waals surface area contributed by atoms with E-state index >= 15 is 0 Å². The summed E-state index contributed by atoms with van der Waals surface area (Å²) in [5, 5.41) is 3.44. The van der Waals surface area contributed by atoms with Crippen molar-refractivity contribution in [1.82, 2.24) is 5.32 Å². The van der Waals surface area contributed by atoms with Crippen molar-refractivity contribution >= 4 is 11.6 Å². The maximum absolute atomic E-state index is 13.3. The summed E-state index contributed by atoms with van der Waals surface area (Å²) in [6, 6.07) is 6.42. The van der Waals surface area contributed by atoms with Crippen molar-refractivity contribution in [1.29, 1.82) is 0 Å². The summed E-state index contributed by atoms with van der Waals surface area (Å²) in [4.78, 5) is 15.4. The number of anilines is 1. The van der Waals surface area contributed by atoms with E-state index in [0.29, 0.717) is 5.91 Å². The summed E-state index contributed by atoms with van der Waals surface area (Å²) < 4.78 is 0. The highest BCUT2D eigenvalue weighted by Crippen LogP contribution is 2.38. The molecule has 0 aliphatic carbocycles. The van der Waals surface area contributed by atoms with Crippen LogP contribution in [0, 0.1) is 12.3 Å². The summed E-state index contributed by atoms with van der Waals surface area (Å²) in [5.41, 5.74) is 3.56. The zero-order chi connectivity index (χ0) is 14.9. The van der Waals surface area contributed by atoms with Gasteiger partial charge in [-0.05, 0) is 56.7 Å². The predicted octanol–water partition coefficient (Wildman–Crippen LogP) is 3.05. The van der Waals surface area contributed by atoms with E-state index < -0.39 is 0 Å². The Bertz CT molecular complexity index is 532. The number of nitrogens with one attached hydrogen (secondary N) is 1. The molecule has 2 aliphatic rings. The summed E-state index contributed by atoms with van der Waals surface area (Å²) in [5.74, 6) is 0.340. The molecule has 3 heteroatoms. The van der Waals surface area contributed by atoms with Gasteiger partial charge in [0.05, 0.1) is 5.41 Å². The van der Waals surface area contributed by atoms with Crippen molar-refractivity contribution < 1.29 is 4.79 Å². The number of carbonyl (C=O) groups is 1. The second-order valence-electron chi connectivity index (χ2n) is 6.56. The zero-order valence-electron chi connectivity index (χ0n) is 13.2. The topological polar surface area (TPSA) is 32.3 Å². The molecule has 21 heavy (non-hydrogen) atoms. The van der Waals surface area contributed by atoms with Gasteiger partial charge in [0, 0.05) is 18.8 Å². The van der Waals surface area contributed by atoms with E-state index in [1.165, 1.54) is 16.8 Å². The minimum Gasteiger partial charge on any atom is -0.316 e. The van der Waals surface area contributed by atoms with Crippen LogP contribution in [0.4, 0.5) is 5.69 Å². The van der Waals surface area contributed by atoms with E-state index in [0.717, 1.165) is 51.7 Å². The van der Waals surface area contributed by atoms with Gasteiger partial charge in [0.1, 0.15) is 0 Å². The first-order chi connectivity index (χ1) is 10.2. The van der Waals surface area contributed by atoms with Crippen molar-refractivity contribution in [3.05, 3.63) is 29.3 Å². The van der Waals surface area contributed by atoms with Gasteiger partial charge in [-0.15, -0.1) is 0 Å². The molecule has 1 unspecified atom stereocenters. The van der Waals surface area contributed by atoms with Crippen LogP contribution in [0.2, 0.25) is 0 Å². The monoisotopic (exact) mass is 286 g/mol. The molecule has 0 aromatic heterocycles. The third-order valence-electron chi connectivity index (χ3n) is 5.27. The first-order valence-electron chi connectivity index (χ1n) is 8.29. The van der Waals surface area contributed by atoms with Crippen molar-refractivity contribution in [3.8, 4) is 0 Å². The Balaban J connectivity index is 1.96. The standard InChI is InChI=1S/C18H26N2O/c1-3-18(10-6-11-19-13-18)17(21)20-12-5-9-15-8-4-7-14(2)16(15)20/h4,7-8,19H,3,5-6,9-13H2,1-2H3. The number of carbonyl (C=O) groups excluding carboxylic acids is 1. The van der Waals surface area contributed by atoms with E-state index in [2.05, 4.69) is 42.3 Å². The fourth-order valence-electron chi connectivity index (χ4n) is 3.94. The smallest absolute Gasteiger partial charge is 0.234 e. The molecule has 1 atom stereocenters. The molecule has 0 bridgehead atoms. The van der Waals surface area contributed by atoms with Crippen molar-refractivity contribution in [2.24, 2.45) is 5.41 Å². The Morgan fingerprint density at radius 2 is 2.24 bits per heavy atom. The predicted molar refractivity (Wildman–Crippen MR) is 86.7 cm³/mol. The number of para-hydroxylation sites is 1. The van der Waals surface area contributed by atoms with Crippen LogP contribution in [0.3, 0.4) is 0 Å². The minimum atomic E-state index is -0.199. The van der Waals surface area contributed by atoms with Crippen LogP contribution in [0.15, 0.2) is 18.2 Å². The number of hydrogen-bond donors (Lipinski definition) is 1. The number of piperidine rings is 1. The normalized spacial score (nSPS) is 25.5. The maximum atomic E-state index is 13.3. The van der Waals surface area contributed by atoms with Crippen LogP contribution in [-0.2, 0) is 11.2 Å². The van der Waals surface area contributed by atoms with Crippen LogP contribution in [0.5, 0.6) is 0 Å². The summed E-state index contributed by atoms with van der Waals surface area (Å²) in [6.45, 7) is 7.04. The Morgan fingerprint density at radius 1 is 1.38 bits per heavy atom. The van der Waals surface area contributed by atoms with Crippen LogP contribution in [0.25, 0.3) is 0 Å². The van der Waals surface area contributed by atoms with E-state index in [4.69, 9.17) is 0 Å². The SMILES string of the molecule is CCC1(C(=O)N2CCCc3cccc(C)c32)CCCNC1. The van der Waals surface area contributed by atoms with Gasteiger partial charge in [0.2, 0.25) is 5.91 Å². The lowest BCUT2D eigenvalue weighted by Gasteiger charge is -2.41. The lowest BCUT2D eigenvalue weighted by molar-refractivity contribution is -0.129. The van der Waals surface area contributed by atoms with Gasteiger partial charge < -0.3 is 10.2 Å². The van der Waals surface area contributed by atoms with Crippen molar-refractivity contribution in [2.75, 3.05) is 24.5 Å². The quantitative estimate of drug-likeness (QED) is 0.906. The van der Waals surface area contributed by atoms with Gasteiger partial charge in [0.15, 0.2) is 0 Å². The second kappa shape index (κ2) is 5.80. The molecule has 1 fully saturated rings. The first kappa shape index (κ1) is 14.6. The summed E-state index contributed by atoms with van der Waals surface area (Å²) in [7, 11) is 0. The fourth-order valence-corrected chi connectivity index (χ4v) is 3.94. The largest absolute Gasteiger partial charge is 0.316 e. The van der Waals surface area contributed by atoms with Crippen LogP contribution >= 0.6 is 0 Å². The van der Waals surface area contributed by atoms with Crippen molar-refractivity contribution in [2.45, 2.75) is 46.0 Å². The molecule has 1 aromatic rings. The van der Waals surface area contributed by atoms with Gasteiger partial charge in [-0.2, -0.15) is 0 Å². The number of rotatable bonds is 2. The Labute approximate surface area is 127 Å². The molecule has 114 valence electrons. The number of nitrogens with zero attached hydrogens (tertiary/aromatic N) is 1. The highest BCUT2D eigenvalue weighted by Gasteiger charge is 2.42. The third kappa shape index (κ3) is 2.48. The molecule has 1 N–H and O–H groups in total. The second-order valence-corrected chi connectivity index (χ2v) is 6.56. The van der Waals surface area contributed by atoms with E-state index in [1.807, 2.05) is 0 Å². The molecular formula is C18H26N2O. The van der Waals surface area contributed by atoms with Gasteiger partial charge in [-0.1, -0.05) is 25.1 Å². The van der Waals surface area contributed by atoms with Crippen LogP contribution in [-0.4, -0.2) is 25.5 Å². The zero-order valence-corrected chi connectivity index (χ0v) is 13.2. The van der Waals surface area contributed by atoms with Crippen LogP contribution < -0.4 is 10.2 Å². The Morgan fingerprint density at radius 3 is 2.95 bits per heavy atom. The average Bonchev–Trinajstić information content (AvgIpc) is 2.54. The summed E-state index contributed by atoms with van der Waals surface area (Å²) >= 11 is 0. The first-order valence-corrected chi connectivity index (χ1v) is 8.29. The lowest BCUT2D eigenvalue weighted by Crippen LogP contribution is -2.53. The molecule has 0 saturated carbocycles. The lowest BCUT2D eigenvalue weighted by atomic mass is 9.76. The molecule has 3 nitrogen and oxygen atoms in total. The van der Waals surface area contributed by atoms with E-state index in [1.54, 1.807) is 0 Å². The Kier molecular flexibility index (Phi) is 4.03. The number of amides is 1. The minimum absolute atomic E-state index is 0.199. The average molecular weight is 286 g/mol. The van der Waals surface area contributed by atoms with E-state index in [9.17, 15) is 4.79 Å². The van der Waals surface area contributed by atoms with Gasteiger partial charge in [-0.25, -0.2) is 0 Å². The van der Waals surface area contributed by atoms with Gasteiger partial charge in [-0.3, -0.25) is 4.79 Å². The molecule has 1 saturated heterocycles. The highest BCUT2D eigenvalue weighted by atomic mass is 16.2. The molecule has 2 heterocycles. The third-order valence-corrected chi connectivity index (χ3v) is 5.27. The highest BCUT2D eigenvalue weighted by molar-refractivity contribution is 5.99. The molecule has 1 aromatic carbocycles. The summed E-state index contributed by atoms with van der Waals surface area (Å²) in [6.07, 6.45) is 5.23. The molecule has 0 radical (unpaired) electrons. The number of benzene rings is 1. The molecule has 3 rings (SSSR count). The molecular weight excluding hydrogens is 260 g/mol. The van der Waals surface area contributed by atoms with Gasteiger partial charge >= 0.3 is 0 Å². The molecule has 2 aliphatic heterocycles. The molecule has 1 amide bonds. The Hall–Kier alpha value is -1.35.